The fraction of sp³-hybridized carbons (Fsp3) is 0.368. The topological polar surface area (TPSA) is 42.7 Å². The molecule has 3 heterocycles. The van der Waals surface area contributed by atoms with Crippen molar-refractivity contribution in [2.24, 2.45) is 5.92 Å². The Hall–Kier alpha value is -2.40. The summed E-state index contributed by atoms with van der Waals surface area (Å²) in [5.74, 6) is 1.59. The maximum atomic E-state index is 5.91. The Labute approximate surface area is 141 Å². The van der Waals surface area contributed by atoms with E-state index in [1.807, 2.05) is 29.9 Å². The number of aromatic nitrogens is 3. The van der Waals surface area contributed by atoms with E-state index >= 15 is 0 Å². The molecule has 0 unspecified atom stereocenters. The lowest BCUT2D eigenvalue weighted by atomic mass is 10.1. The third-order valence-corrected chi connectivity index (χ3v) is 4.54. The molecule has 1 fully saturated rings. The first kappa shape index (κ1) is 15.1. The molecule has 1 aliphatic heterocycles. The number of anilines is 1. The van der Waals surface area contributed by atoms with Crippen molar-refractivity contribution >= 4 is 11.3 Å². The zero-order valence-electron chi connectivity index (χ0n) is 13.9. The van der Waals surface area contributed by atoms with Gasteiger partial charge in [-0.05, 0) is 25.0 Å². The van der Waals surface area contributed by atoms with E-state index < -0.39 is 0 Å². The molecule has 0 spiro atoms. The first-order chi connectivity index (χ1) is 11.8. The molecule has 4 rings (SSSR count). The number of rotatable bonds is 5. The summed E-state index contributed by atoms with van der Waals surface area (Å²) in [6.07, 6.45) is 4.88. The molecule has 2 aromatic heterocycles. The van der Waals surface area contributed by atoms with Gasteiger partial charge in [-0.15, -0.1) is 0 Å². The number of hydrogen-bond donors (Lipinski definition) is 0. The molecular formula is C19H22N4O. The van der Waals surface area contributed by atoms with E-state index in [9.17, 15) is 0 Å². The third kappa shape index (κ3) is 3.12. The predicted octanol–water partition coefficient (Wildman–Crippen LogP) is 3.08. The summed E-state index contributed by atoms with van der Waals surface area (Å²) in [5, 5.41) is 4.47. The van der Waals surface area contributed by atoms with Crippen molar-refractivity contribution in [1.82, 2.24) is 14.6 Å². The van der Waals surface area contributed by atoms with Gasteiger partial charge in [0.25, 0.3) is 0 Å². The van der Waals surface area contributed by atoms with E-state index in [1.165, 1.54) is 5.56 Å². The Morgan fingerprint density at radius 3 is 3.00 bits per heavy atom. The monoisotopic (exact) mass is 322 g/mol. The largest absolute Gasteiger partial charge is 0.376 e. The second kappa shape index (κ2) is 6.61. The Bertz CT molecular complexity index is 815. The smallest absolute Gasteiger partial charge is 0.154 e. The van der Waals surface area contributed by atoms with Crippen molar-refractivity contribution in [2.45, 2.75) is 20.0 Å². The molecule has 1 aliphatic rings. The van der Waals surface area contributed by atoms with Crippen LogP contribution in [0.3, 0.4) is 0 Å². The number of benzene rings is 1. The number of hydrogen-bond acceptors (Lipinski definition) is 4. The van der Waals surface area contributed by atoms with E-state index in [4.69, 9.17) is 4.74 Å². The van der Waals surface area contributed by atoms with Gasteiger partial charge in [-0.2, -0.15) is 5.10 Å². The summed E-state index contributed by atoms with van der Waals surface area (Å²) in [6, 6.07) is 12.4. The molecule has 0 saturated carbocycles. The summed E-state index contributed by atoms with van der Waals surface area (Å²) in [5.41, 5.74) is 3.33. The molecule has 124 valence electrons. The highest BCUT2D eigenvalue weighted by atomic mass is 16.5. The van der Waals surface area contributed by atoms with Gasteiger partial charge in [-0.25, -0.2) is 9.50 Å². The van der Waals surface area contributed by atoms with Crippen LogP contribution in [0, 0.1) is 12.8 Å². The minimum atomic E-state index is 0.555. The van der Waals surface area contributed by atoms with Gasteiger partial charge < -0.3 is 9.64 Å². The highest BCUT2D eigenvalue weighted by Gasteiger charge is 2.25. The second-order valence-electron chi connectivity index (χ2n) is 6.47. The van der Waals surface area contributed by atoms with E-state index in [0.717, 1.165) is 43.1 Å². The lowest BCUT2D eigenvalue weighted by molar-refractivity contribution is 0.0929. The predicted molar refractivity (Wildman–Crippen MR) is 94.1 cm³/mol. The summed E-state index contributed by atoms with van der Waals surface area (Å²) < 4.78 is 7.83. The summed E-state index contributed by atoms with van der Waals surface area (Å²) in [6.45, 7) is 5.52. The van der Waals surface area contributed by atoms with Gasteiger partial charge in [-0.3, -0.25) is 0 Å². The molecular weight excluding hydrogens is 300 g/mol. The molecule has 5 heteroatoms. The van der Waals surface area contributed by atoms with Crippen molar-refractivity contribution in [1.29, 1.82) is 0 Å². The maximum absolute atomic E-state index is 5.91. The molecule has 3 aromatic rings. The first-order valence-electron chi connectivity index (χ1n) is 8.47. The molecule has 5 nitrogen and oxygen atoms in total. The zero-order valence-corrected chi connectivity index (χ0v) is 13.9. The molecule has 0 aliphatic carbocycles. The minimum Gasteiger partial charge on any atom is -0.376 e. The zero-order chi connectivity index (χ0) is 16.4. The molecule has 1 atom stereocenters. The molecule has 0 amide bonds. The van der Waals surface area contributed by atoms with Crippen LogP contribution in [-0.2, 0) is 11.3 Å². The molecule has 0 radical (unpaired) electrons. The van der Waals surface area contributed by atoms with Crippen LogP contribution in [0.25, 0.3) is 5.52 Å². The van der Waals surface area contributed by atoms with Gasteiger partial charge in [0.15, 0.2) is 5.82 Å². The van der Waals surface area contributed by atoms with Crippen LogP contribution in [-0.4, -0.2) is 34.3 Å². The van der Waals surface area contributed by atoms with Crippen molar-refractivity contribution < 1.29 is 4.74 Å². The van der Waals surface area contributed by atoms with Crippen LogP contribution in [0.15, 0.2) is 48.8 Å². The number of nitrogens with zero attached hydrogens (tertiary/aromatic N) is 4. The third-order valence-electron chi connectivity index (χ3n) is 4.54. The van der Waals surface area contributed by atoms with Gasteiger partial charge in [0, 0.05) is 31.4 Å². The van der Waals surface area contributed by atoms with Crippen molar-refractivity contribution in [3.8, 4) is 0 Å². The lowest BCUT2D eigenvalue weighted by Gasteiger charge is -2.18. The van der Waals surface area contributed by atoms with Gasteiger partial charge in [0.05, 0.1) is 18.9 Å². The fourth-order valence-corrected chi connectivity index (χ4v) is 3.35. The lowest BCUT2D eigenvalue weighted by Crippen LogP contribution is -2.22. The van der Waals surface area contributed by atoms with Crippen LogP contribution in [0.4, 0.5) is 5.82 Å². The van der Waals surface area contributed by atoms with Crippen LogP contribution >= 0.6 is 0 Å². The van der Waals surface area contributed by atoms with Crippen molar-refractivity contribution in [3.63, 3.8) is 0 Å². The molecule has 0 bridgehead atoms. The van der Waals surface area contributed by atoms with E-state index in [2.05, 4.69) is 45.3 Å². The van der Waals surface area contributed by atoms with Crippen molar-refractivity contribution in [2.75, 3.05) is 24.6 Å². The van der Waals surface area contributed by atoms with Gasteiger partial charge in [0.2, 0.25) is 0 Å². The Kier molecular flexibility index (Phi) is 4.17. The average Bonchev–Trinajstić information content (AvgIpc) is 3.21. The number of aryl methyl sites for hydroxylation is 1. The van der Waals surface area contributed by atoms with Crippen LogP contribution in [0.2, 0.25) is 0 Å². The van der Waals surface area contributed by atoms with E-state index in [-0.39, 0.29) is 0 Å². The highest BCUT2D eigenvalue weighted by molar-refractivity contribution is 5.69. The SMILES string of the molecule is Cc1cc2c(N3CC[C@H](COCc4ccccc4)C3)nccn2n1. The van der Waals surface area contributed by atoms with Gasteiger partial charge >= 0.3 is 0 Å². The van der Waals surface area contributed by atoms with E-state index in [1.54, 1.807) is 0 Å². The molecule has 1 saturated heterocycles. The number of fused-ring (bicyclic) bond motifs is 1. The summed E-state index contributed by atoms with van der Waals surface area (Å²) in [7, 11) is 0. The fourth-order valence-electron chi connectivity index (χ4n) is 3.35. The van der Waals surface area contributed by atoms with Crippen molar-refractivity contribution in [3.05, 3.63) is 60.0 Å². The molecule has 0 N–H and O–H groups in total. The average molecular weight is 322 g/mol. The second-order valence-corrected chi connectivity index (χ2v) is 6.47. The summed E-state index contributed by atoms with van der Waals surface area (Å²) in [4.78, 5) is 6.94. The maximum Gasteiger partial charge on any atom is 0.154 e. The number of ether oxygens (including phenoxy) is 1. The Morgan fingerprint density at radius 2 is 2.12 bits per heavy atom. The molecule has 24 heavy (non-hydrogen) atoms. The Balaban J connectivity index is 1.37. The van der Waals surface area contributed by atoms with Gasteiger partial charge in [-0.1, -0.05) is 30.3 Å². The van der Waals surface area contributed by atoms with Crippen LogP contribution in [0.1, 0.15) is 17.7 Å². The summed E-state index contributed by atoms with van der Waals surface area (Å²) >= 11 is 0. The highest BCUT2D eigenvalue weighted by Crippen LogP contribution is 2.26. The van der Waals surface area contributed by atoms with Crippen LogP contribution in [0.5, 0.6) is 0 Å². The Morgan fingerprint density at radius 1 is 1.25 bits per heavy atom. The quantitative estimate of drug-likeness (QED) is 0.724. The minimum absolute atomic E-state index is 0.555. The first-order valence-corrected chi connectivity index (χ1v) is 8.47. The van der Waals surface area contributed by atoms with E-state index in [0.29, 0.717) is 12.5 Å². The van der Waals surface area contributed by atoms with Crippen LogP contribution < -0.4 is 4.90 Å². The normalized spacial score (nSPS) is 17.7. The standard InChI is InChI=1S/C19H22N4O/c1-15-11-18-19(20-8-10-23(18)21-15)22-9-7-17(12-22)14-24-13-16-5-3-2-4-6-16/h2-6,8,10-11,17H,7,9,12-14H2,1H3/t17-/m0/s1. The van der Waals surface area contributed by atoms with Gasteiger partial charge in [0.1, 0.15) is 5.52 Å². The molecule has 1 aromatic carbocycles.